The van der Waals surface area contributed by atoms with Crippen LogP contribution < -0.4 is 5.32 Å². The smallest absolute Gasteiger partial charge is 0.307 e. The number of rotatable bonds is 3. The van der Waals surface area contributed by atoms with Gasteiger partial charge in [0, 0.05) is 16.7 Å². The van der Waals surface area contributed by atoms with Crippen LogP contribution in [0.2, 0.25) is 0 Å². The van der Waals surface area contributed by atoms with Crippen molar-refractivity contribution in [2.24, 2.45) is 0 Å². The monoisotopic (exact) mass is 370 g/mol. The second-order valence-electron chi connectivity index (χ2n) is 4.31. The number of aromatic nitrogens is 1. The first-order valence-electron chi connectivity index (χ1n) is 6.12. The predicted molar refractivity (Wildman–Crippen MR) is 81.0 cm³/mol. The Hall–Kier alpha value is -2.15. The second-order valence-corrected chi connectivity index (χ2v) is 5.22. The van der Waals surface area contributed by atoms with Gasteiger partial charge in [-0.1, -0.05) is 12.1 Å². The molecule has 22 heavy (non-hydrogen) atoms. The standard InChI is InChI=1S/C15H10BrF3N2O/c16-12-5-6-13(20-9-12)21-14(22)7-4-10-2-1-3-11(8-10)15(17,18)19/h1-9H,(H,20,21,22)/b7-4+. The van der Waals surface area contributed by atoms with E-state index in [4.69, 9.17) is 0 Å². The SMILES string of the molecule is O=C(/C=C/c1cccc(C(F)(F)F)c1)Nc1ccc(Br)cn1. The van der Waals surface area contributed by atoms with Crippen LogP contribution in [0.3, 0.4) is 0 Å². The number of anilines is 1. The predicted octanol–water partition coefficient (Wildman–Crippen LogP) is 4.51. The summed E-state index contributed by atoms with van der Waals surface area (Å²) in [5, 5.41) is 2.50. The molecule has 2 rings (SSSR count). The highest BCUT2D eigenvalue weighted by Gasteiger charge is 2.30. The zero-order valence-corrected chi connectivity index (χ0v) is 12.6. The van der Waals surface area contributed by atoms with Gasteiger partial charge in [0.25, 0.3) is 0 Å². The molecule has 0 radical (unpaired) electrons. The molecule has 1 aromatic heterocycles. The molecule has 0 spiro atoms. The lowest BCUT2D eigenvalue weighted by atomic mass is 10.1. The Morgan fingerprint density at radius 3 is 2.64 bits per heavy atom. The zero-order chi connectivity index (χ0) is 16.2. The van der Waals surface area contributed by atoms with E-state index in [1.165, 1.54) is 24.4 Å². The normalized spacial score (nSPS) is 11.6. The molecule has 0 fully saturated rings. The van der Waals surface area contributed by atoms with Crippen LogP contribution in [0.4, 0.5) is 19.0 Å². The summed E-state index contributed by atoms with van der Waals surface area (Å²) in [6.45, 7) is 0. The van der Waals surface area contributed by atoms with Crippen LogP contribution in [0.25, 0.3) is 6.08 Å². The van der Waals surface area contributed by atoms with E-state index in [2.05, 4.69) is 26.2 Å². The maximum atomic E-state index is 12.6. The van der Waals surface area contributed by atoms with Gasteiger partial charge in [-0.15, -0.1) is 0 Å². The van der Waals surface area contributed by atoms with E-state index >= 15 is 0 Å². The lowest BCUT2D eigenvalue weighted by Crippen LogP contribution is -2.09. The molecule has 0 aliphatic carbocycles. The Labute approximate surface area is 133 Å². The highest BCUT2D eigenvalue weighted by molar-refractivity contribution is 9.10. The molecule has 1 heterocycles. The summed E-state index contributed by atoms with van der Waals surface area (Å²) in [6, 6.07) is 8.03. The summed E-state index contributed by atoms with van der Waals surface area (Å²) in [6.07, 6.45) is -0.428. The van der Waals surface area contributed by atoms with Crippen molar-refractivity contribution in [3.63, 3.8) is 0 Å². The topological polar surface area (TPSA) is 42.0 Å². The third-order valence-corrected chi connectivity index (χ3v) is 3.09. The van der Waals surface area contributed by atoms with E-state index < -0.39 is 17.6 Å². The number of pyridine rings is 1. The Bertz CT molecular complexity index is 697. The number of carbonyl (C=O) groups is 1. The number of benzene rings is 1. The summed E-state index contributed by atoms with van der Waals surface area (Å²) >= 11 is 3.21. The Kier molecular flexibility index (Phi) is 4.97. The number of amides is 1. The summed E-state index contributed by atoms with van der Waals surface area (Å²) in [7, 11) is 0. The molecule has 0 saturated heterocycles. The van der Waals surface area contributed by atoms with Gasteiger partial charge in [0.05, 0.1) is 5.56 Å². The van der Waals surface area contributed by atoms with Crippen molar-refractivity contribution in [1.29, 1.82) is 0 Å². The lowest BCUT2D eigenvalue weighted by Gasteiger charge is -2.06. The highest BCUT2D eigenvalue weighted by Crippen LogP contribution is 2.29. The van der Waals surface area contributed by atoms with E-state index in [9.17, 15) is 18.0 Å². The number of halogens is 4. The van der Waals surface area contributed by atoms with Gasteiger partial charge in [-0.25, -0.2) is 4.98 Å². The summed E-state index contributed by atoms with van der Waals surface area (Å²) in [5.74, 6) is -0.130. The van der Waals surface area contributed by atoms with E-state index in [1.54, 1.807) is 12.1 Å². The first-order valence-corrected chi connectivity index (χ1v) is 6.92. The molecule has 3 nitrogen and oxygen atoms in total. The van der Waals surface area contributed by atoms with Crippen LogP contribution in [-0.2, 0) is 11.0 Å². The van der Waals surface area contributed by atoms with Gasteiger partial charge in [-0.3, -0.25) is 4.79 Å². The Balaban J connectivity index is 2.05. The van der Waals surface area contributed by atoms with Crippen molar-refractivity contribution < 1.29 is 18.0 Å². The van der Waals surface area contributed by atoms with Gasteiger partial charge in [-0.2, -0.15) is 13.2 Å². The average Bonchev–Trinajstić information content (AvgIpc) is 2.47. The summed E-state index contributed by atoms with van der Waals surface area (Å²) < 4.78 is 38.5. The highest BCUT2D eigenvalue weighted by atomic mass is 79.9. The van der Waals surface area contributed by atoms with Gasteiger partial charge >= 0.3 is 6.18 Å². The van der Waals surface area contributed by atoms with E-state index in [1.807, 2.05) is 0 Å². The molecule has 114 valence electrons. The largest absolute Gasteiger partial charge is 0.416 e. The van der Waals surface area contributed by atoms with Gasteiger partial charge in [0.1, 0.15) is 5.82 Å². The van der Waals surface area contributed by atoms with Gasteiger partial charge < -0.3 is 5.32 Å². The number of hydrogen-bond acceptors (Lipinski definition) is 2. The lowest BCUT2D eigenvalue weighted by molar-refractivity contribution is -0.137. The van der Waals surface area contributed by atoms with Crippen molar-refractivity contribution >= 4 is 33.7 Å². The quantitative estimate of drug-likeness (QED) is 0.807. The van der Waals surface area contributed by atoms with Crippen molar-refractivity contribution in [3.8, 4) is 0 Å². The first-order chi connectivity index (χ1) is 10.3. The maximum Gasteiger partial charge on any atom is 0.416 e. The van der Waals surface area contributed by atoms with Crippen LogP contribution in [0.5, 0.6) is 0 Å². The van der Waals surface area contributed by atoms with E-state index in [0.29, 0.717) is 5.82 Å². The molecule has 0 saturated carbocycles. The molecule has 0 aliphatic heterocycles. The van der Waals surface area contributed by atoms with E-state index in [0.717, 1.165) is 22.7 Å². The molecule has 0 aliphatic rings. The molecular weight excluding hydrogens is 361 g/mol. The molecule has 1 N–H and O–H groups in total. The Morgan fingerprint density at radius 2 is 2.00 bits per heavy atom. The van der Waals surface area contributed by atoms with Crippen LogP contribution in [-0.4, -0.2) is 10.9 Å². The van der Waals surface area contributed by atoms with Gasteiger partial charge in [-0.05, 0) is 51.8 Å². The number of carbonyl (C=O) groups excluding carboxylic acids is 1. The molecule has 0 bridgehead atoms. The molecule has 1 aromatic carbocycles. The molecule has 2 aromatic rings. The second kappa shape index (κ2) is 6.74. The Morgan fingerprint density at radius 1 is 1.23 bits per heavy atom. The fraction of sp³-hybridized carbons (Fsp3) is 0.0667. The molecule has 1 amide bonds. The minimum Gasteiger partial charge on any atom is -0.307 e. The van der Waals surface area contributed by atoms with Gasteiger partial charge in [0.2, 0.25) is 5.91 Å². The maximum absolute atomic E-state index is 12.6. The van der Waals surface area contributed by atoms with Crippen LogP contribution in [0, 0.1) is 0 Å². The van der Waals surface area contributed by atoms with Crippen molar-refractivity contribution in [2.75, 3.05) is 5.32 Å². The minimum absolute atomic E-state index is 0.286. The first kappa shape index (κ1) is 16.2. The van der Waals surface area contributed by atoms with Crippen molar-refractivity contribution in [1.82, 2.24) is 4.98 Å². The van der Waals surface area contributed by atoms with E-state index in [-0.39, 0.29) is 5.56 Å². The minimum atomic E-state index is -4.41. The fourth-order valence-corrected chi connectivity index (χ4v) is 1.84. The summed E-state index contributed by atoms with van der Waals surface area (Å²) in [4.78, 5) is 15.6. The van der Waals surface area contributed by atoms with Crippen molar-refractivity contribution in [2.45, 2.75) is 6.18 Å². The number of hydrogen-bond donors (Lipinski definition) is 1. The molecule has 7 heteroatoms. The van der Waals surface area contributed by atoms with Gasteiger partial charge in [0.15, 0.2) is 0 Å². The van der Waals surface area contributed by atoms with Crippen LogP contribution in [0.15, 0.2) is 53.1 Å². The third kappa shape index (κ3) is 4.70. The number of nitrogens with zero attached hydrogens (tertiary/aromatic N) is 1. The van der Waals surface area contributed by atoms with Crippen LogP contribution >= 0.6 is 15.9 Å². The fourth-order valence-electron chi connectivity index (χ4n) is 1.61. The summed E-state index contributed by atoms with van der Waals surface area (Å²) in [5.41, 5.74) is -0.474. The number of nitrogens with one attached hydrogen (secondary N) is 1. The number of alkyl halides is 3. The molecular formula is C15H10BrF3N2O. The van der Waals surface area contributed by atoms with Crippen LogP contribution in [0.1, 0.15) is 11.1 Å². The zero-order valence-electron chi connectivity index (χ0n) is 11.1. The van der Waals surface area contributed by atoms with Crippen molar-refractivity contribution in [3.05, 3.63) is 64.3 Å². The average molecular weight is 371 g/mol. The molecule has 0 unspecified atom stereocenters. The molecule has 0 atom stereocenters. The third-order valence-electron chi connectivity index (χ3n) is 2.62.